The van der Waals surface area contributed by atoms with Crippen LogP contribution in [-0.2, 0) is 9.59 Å². The van der Waals surface area contributed by atoms with Crippen LogP contribution in [0.1, 0.15) is 28.7 Å². The Kier molecular flexibility index (Phi) is 5.56. The number of fused-ring (bicyclic) bond motifs is 1. The van der Waals surface area contributed by atoms with E-state index in [0.29, 0.717) is 18.5 Å². The minimum absolute atomic E-state index is 0.0522. The molecule has 7 heteroatoms. The summed E-state index contributed by atoms with van der Waals surface area (Å²) in [6.07, 6.45) is 0.135. The quantitative estimate of drug-likeness (QED) is 0.809. The number of aliphatic imine (C=N–C) groups is 1. The van der Waals surface area contributed by atoms with Crippen LogP contribution in [0.5, 0.6) is 0 Å². The van der Waals surface area contributed by atoms with E-state index < -0.39 is 5.25 Å². The molecule has 2 heterocycles. The SMILES string of the molecule is Cc1cc(C)cc(N2CN=C3SC(CC(=O)Nc4ccc(C)cc4C)C(=O)N3C2)c1. The van der Waals surface area contributed by atoms with E-state index in [1.165, 1.54) is 22.9 Å². The van der Waals surface area contributed by atoms with Crippen LogP contribution in [0.25, 0.3) is 0 Å². The van der Waals surface area contributed by atoms with Gasteiger partial charge in [0.25, 0.3) is 0 Å². The van der Waals surface area contributed by atoms with Crippen LogP contribution in [0, 0.1) is 27.7 Å². The van der Waals surface area contributed by atoms with Crippen LogP contribution in [-0.4, -0.2) is 40.5 Å². The first-order valence-electron chi connectivity index (χ1n) is 10.0. The maximum atomic E-state index is 13.0. The van der Waals surface area contributed by atoms with Gasteiger partial charge < -0.3 is 10.2 Å². The number of carbonyl (C=O) groups is 2. The van der Waals surface area contributed by atoms with Gasteiger partial charge in [-0.15, -0.1) is 0 Å². The van der Waals surface area contributed by atoms with Gasteiger partial charge in [-0.25, -0.2) is 4.99 Å². The number of aryl methyl sites for hydroxylation is 4. The average molecular weight is 423 g/mol. The zero-order valence-electron chi connectivity index (χ0n) is 17.7. The first-order valence-corrected chi connectivity index (χ1v) is 10.9. The Labute approximate surface area is 181 Å². The molecule has 1 fully saturated rings. The monoisotopic (exact) mass is 422 g/mol. The van der Waals surface area contributed by atoms with Crippen LogP contribution >= 0.6 is 11.8 Å². The summed E-state index contributed by atoms with van der Waals surface area (Å²) < 4.78 is 0. The number of benzene rings is 2. The summed E-state index contributed by atoms with van der Waals surface area (Å²) in [4.78, 5) is 33.9. The van der Waals surface area contributed by atoms with E-state index >= 15 is 0 Å². The third-order valence-corrected chi connectivity index (χ3v) is 6.52. The summed E-state index contributed by atoms with van der Waals surface area (Å²) in [7, 11) is 0. The van der Waals surface area contributed by atoms with Gasteiger partial charge in [0.05, 0.1) is 0 Å². The summed E-state index contributed by atoms with van der Waals surface area (Å²) in [5.41, 5.74) is 6.38. The van der Waals surface area contributed by atoms with Crippen LogP contribution in [0.4, 0.5) is 11.4 Å². The molecule has 0 saturated carbocycles. The second-order valence-electron chi connectivity index (χ2n) is 8.05. The van der Waals surface area contributed by atoms with E-state index in [4.69, 9.17) is 0 Å². The third kappa shape index (κ3) is 4.21. The fourth-order valence-corrected chi connectivity index (χ4v) is 5.00. The Morgan fingerprint density at radius 2 is 1.83 bits per heavy atom. The first-order chi connectivity index (χ1) is 14.3. The number of nitrogens with one attached hydrogen (secondary N) is 1. The van der Waals surface area contributed by atoms with Crippen molar-refractivity contribution in [3.63, 3.8) is 0 Å². The van der Waals surface area contributed by atoms with Crippen molar-refractivity contribution in [3.8, 4) is 0 Å². The maximum Gasteiger partial charge on any atom is 0.244 e. The van der Waals surface area contributed by atoms with Gasteiger partial charge in [0.1, 0.15) is 18.6 Å². The first kappa shape index (κ1) is 20.5. The standard InChI is InChI=1S/C23H26N4O2S/c1-14-5-6-19(17(4)8-14)25-21(28)11-20-22(29)27-13-26(12-24-23(27)30-20)18-9-15(2)7-16(3)10-18/h5-10,20H,11-13H2,1-4H3,(H,25,28). The van der Waals surface area contributed by atoms with Gasteiger partial charge in [0.2, 0.25) is 11.8 Å². The molecule has 0 bridgehead atoms. The van der Waals surface area contributed by atoms with Gasteiger partial charge in [-0.1, -0.05) is 35.5 Å². The molecule has 0 aliphatic carbocycles. The van der Waals surface area contributed by atoms with Crippen LogP contribution in [0.2, 0.25) is 0 Å². The lowest BCUT2D eigenvalue weighted by Crippen LogP contribution is -2.46. The maximum absolute atomic E-state index is 13.0. The number of carbonyl (C=O) groups excluding carboxylic acids is 2. The topological polar surface area (TPSA) is 65.0 Å². The van der Waals surface area contributed by atoms with Crippen molar-refractivity contribution < 1.29 is 9.59 Å². The fraction of sp³-hybridized carbons (Fsp3) is 0.348. The summed E-state index contributed by atoms with van der Waals surface area (Å²) >= 11 is 1.39. The lowest BCUT2D eigenvalue weighted by Gasteiger charge is -2.32. The highest BCUT2D eigenvalue weighted by molar-refractivity contribution is 8.15. The highest BCUT2D eigenvalue weighted by Gasteiger charge is 2.41. The number of rotatable bonds is 4. The van der Waals surface area contributed by atoms with Crippen molar-refractivity contribution in [1.29, 1.82) is 0 Å². The van der Waals surface area contributed by atoms with Gasteiger partial charge >= 0.3 is 0 Å². The second-order valence-corrected chi connectivity index (χ2v) is 9.22. The largest absolute Gasteiger partial charge is 0.334 e. The molecular formula is C23H26N4O2S. The second kappa shape index (κ2) is 8.14. The summed E-state index contributed by atoms with van der Waals surface area (Å²) in [5, 5.41) is 3.22. The fourth-order valence-electron chi connectivity index (χ4n) is 3.87. The summed E-state index contributed by atoms with van der Waals surface area (Å²) in [5.74, 6) is -0.206. The van der Waals surface area contributed by atoms with Gasteiger partial charge in [0.15, 0.2) is 5.17 Å². The van der Waals surface area contributed by atoms with E-state index in [0.717, 1.165) is 22.5 Å². The minimum Gasteiger partial charge on any atom is -0.334 e. The molecule has 0 radical (unpaired) electrons. The number of anilines is 2. The molecule has 156 valence electrons. The van der Waals surface area contributed by atoms with Gasteiger partial charge in [0, 0.05) is 17.8 Å². The van der Waals surface area contributed by atoms with Crippen molar-refractivity contribution >= 4 is 40.1 Å². The van der Waals surface area contributed by atoms with Crippen molar-refractivity contribution in [1.82, 2.24) is 4.90 Å². The van der Waals surface area contributed by atoms with Crippen molar-refractivity contribution in [3.05, 3.63) is 58.7 Å². The molecule has 2 aliphatic heterocycles. The van der Waals surface area contributed by atoms with Crippen LogP contribution < -0.4 is 10.2 Å². The number of nitrogens with zero attached hydrogens (tertiary/aromatic N) is 3. The lowest BCUT2D eigenvalue weighted by atomic mass is 10.1. The van der Waals surface area contributed by atoms with Crippen molar-refractivity contribution in [2.24, 2.45) is 4.99 Å². The minimum atomic E-state index is -0.436. The molecule has 2 amide bonds. The predicted octanol–water partition coefficient (Wildman–Crippen LogP) is 3.98. The summed E-state index contributed by atoms with van der Waals surface area (Å²) in [6.45, 7) is 9.09. The Morgan fingerprint density at radius 1 is 1.10 bits per heavy atom. The van der Waals surface area contributed by atoms with E-state index in [-0.39, 0.29) is 18.2 Å². The zero-order valence-corrected chi connectivity index (χ0v) is 18.5. The molecule has 0 aromatic heterocycles. The van der Waals surface area contributed by atoms with Crippen LogP contribution in [0.3, 0.4) is 0 Å². The van der Waals surface area contributed by atoms with E-state index in [1.54, 1.807) is 4.90 Å². The molecule has 1 saturated heterocycles. The molecular weight excluding hydrogens is 396 g/mol. The van der Waals surface area contributed by atoms with E-state index in [2.05, 4.69) is 47.3 Å². The predicted molar refractivity (Wildman–Crippen MR) is 123 cm³/mol. The molecule has 4 rings (SSSR count). The van der Waals surface area contributed by atoms with Gasteiger partial charge in [-0.3, -0.25) is 14.5 Å². The average Bonchev–Trinajstić information content (AvgIpc) is 2.98. The molecule has 2 aliphatic rings. The number of hydrogen-bond acceptors (Lipinski definition) is 5. The Balaban J connectivity index is 1.42. The Hall–Kier alpha value is -2.80. The smallest absolute Gasteiger partial charge is 0.244 e. The Bertz CT molecular complexity index is 1030. The normalized spacial score (nSPS) is 18.3. The number of thioether (sulfide) groups is 1. The molecule has 30 heavy (non-hydrogen) atoms. The Morgan fingerprint density at radius 3 is 2.53 bits per heavy atom. The molecule has 2 aromatic carbocycles. The molecule has 6 nitrogen and oxygen atoms in total. The molecule has 0 spiro atoms. The number of hydrogen-bond donors (Lipinski definition) is 1. The lowest BCUT2D eigenvalue weighted by molar-refractivity contribution is -0.128. The molecule has 2 aromatic rings. The zero-order chi connectivity index (χ0) is 21.4. The number of amidine groups is 1. The molecule has 1 unspecified atom stereocenters. The van der Waals surface area contributed by atoms with Crippen molar-refractivity contribution in [2.75, 3.05) is 23.6 Å². The highest BCUT2D eigenvalue weighted by Crippen LogP contribution is 2.33. The van der Waals surface area contributed by atoms with E-state index in [1.807, 2.05) is 32.0 Å². The summed E-state index contributed by atoms with van der Waals surface area (Å²) in [6, 6.07) is 12.2. The van der Waals surface area contributed by atoms with Gasteiger partial charge in [-0.05, 0) is 62.6 Å². The molecule has 1 N–H and O–H groups in total. The van der Waals surface area contributed by atoms with Crippen LogP contribution in [0.15, 0.2) is 41.4 Å². The number of amides is 2. The van der Waals surface area contributed by atoms with E-state index in [9.17, 15) is 9.59 Å². The molecule has 1 atom stereocenters. The third-order valence-electron chi connectivity index (χ3n) is 5.31. The van der Waals surface area contributed by atoms with Gasteiger partial charge in [-0.2, -0.15) is 0 Å². The van der Waals surface area contributed by atoms with Crippen molar-refractivity contribution in [2.45, 2.75) is 39.4 Å². The highest BCUT2D eigenvalue weighted by atomic mass is 32.2.